The molecule has 0 unspecified atom stereocenters. The summed E-state index contributed by atoms with van der Waals surface area (Å²) < 4.78 is 10.3. The molecule has 0 rings (SSSR count). The smallest absolute Gasteiger partial charge is 0.115 e. The van der Waals surface area contributed by atoms with Gasteiger partial charge in [-0.05, 0) is 7.05 Å². The average molecular weight is 174 g/mol. The van der Waals surface area contributed by atoms with Crippen molar-refractivity contribution in [2.75, 3.05) is 40.0 Å². The van der Waals surface area contributed by atoms with Gasteiger partial charge in [0.05, 0.1) is 6.61 Å². The van der Waals surface area contributed by atoms with Crippen molar-refractivity contribution < 1.29 is 9.47 Å². The summed E-state index contributed by atoms with van der Waals surface area (Å²) in [6.07, 6.45) is 0. The number of nitrogens with one attached hydrogen (secondary N) is 1. The molecular weight excluding hydrogens is 156 g/mol. The highest BCUT2D eigenvalue weighted by Gasteiger charge is 1.93. The molecule has 0 amide bonds. The Bertz CT molecular complexity index is 118. The van der Waals surface area contributed by atoms with E-state index in [0.29, 0.717) is 32.1 Å². The van der Waals surface area contributed by atoms with Crippen LogP contribution in [0.25, 0.3) is 0 Å². The van der Waals surface area contributed by atoms with Gasteiger partial charge in [-0.1, -0.05) is 6.58 Å². The van der Waals surface area contributed by atoms with Crippen molar-refractivity contribution in [1.29, 1.82) is 0 Å². The number of hydrogen-bond donors (Lipinski definition) is 2. The van der Waals surface area contributed by atoms with Gasteiger partial charge in [-0.15, -0.1) is 0 Å². The van der Waals surface area contributed by atoms with E-state index >= 15 is 0 Å². The normalized spacial score (nSPS) is 9.83. The molecule has 0 spiro atoms. The molecule has 12 heavy (non-hydrogen) atoms. The molecule has 0 aliphatic rings. The number of nitrogens with two attached hydrogens (primary N) is 1. The molecule has 0 fully saturated rings. The Labute approximate surface area is 73.7 Å². The average Bonchev–Trinajstić information content (AvgIpc) is 2.09. The molecule has 4 heteroatoms. The van der Waals surface area contributed by atoms with Crippen LogP contribution in [0, 0.1) is 0 Å². The fraction of sp³-hybridized carbons (Fsp3) is 0.750. The van der Waals surface area contributed by atoms with Crippen LogP contribution in [-0.2, 0) is 9.47 Å². The van der Waals surface area contributed by atoms with E-state index in [2.05, 4.69) is 11.9 Å². The third-order valence-electron chi connectivity index (χ3n) is 1.18. The minimum Gasteiger partial charge on any atom is -0.495 e. The highest BCUT2D eigenvalue weighted by molar-refractivity contribution is 4.81. The predicted molar refractivity (Wildman–Crippen MR) is 48.9 cm³/mol. The van der Waals surface area contributed by atoms with Gasteiger partial charge < -0.3 is 20.5 Å². The second-order valence-corrected chi connectivity index (χ2v) is 2.33. The molecule has 72 valence electrons. The van der Waals surface area contributed by atoms with Crippen molar-refractivity contribution in [2.24, 2.45) is 5.73 Å². The lowest BCUT2D eigenvalue weighted by Gasteiger charge is -2.08. The van der Waals surface area contributed by atoms with E-state index in [1.807, 2.05) is 7.05 Å². The number of likely N-dealkylation sites (N-methyl/N-ethyl adjacent to an activating group) is 1. The Morgan fingerprint density at radius 1 is 1.50 bits per heavy atom. The molecule has 0 saturated carbocycles. The summed E-state index contributed by atoms with van der Waals surface area (Å²) in [6, 6.07) is 0. The van der Waals surface area contributed by atoms with Crippen LogP contribution in [0.5, 0.6) is 0 Å². The quantitative estimate of drug-likeness (QED) is 0.392. The monoisotopic (exact) mass is 174 g/mol. The first-order chi connectivity index (χ1) is 5.81. The first-order valence-electron chi connectivity index (χ1n) is 4.04. The summed E-state index contributed by atoms with van der Waals surface area (Å²) in [5.74, 6) is 0.636. The fourth-order valence-electron chi connectivity index (χ4n) is 0.605. The number of hydrogen-bond acceptors (Lipinski definition) is 4. The number of rotatable bonds is 8. The number of ether oxygens (including phenoxy) is 2. The molecule has 4 nitrogen and oxygen atoms in total. The Hall–Kier alpha value is -0.580. The van der Waals surface area contributed by atoms with Gasteiger partial charge in [0.2, 0.25) is 0 Å². The van der Waals surface area contributed by atoms with Gasteiger partial charge in [-0.25, -0.2) is 0 Å². The molecule has 0 aliphatic carbocycles. The van der Waals surface area contributed by atoms with Gasteiger partial charge in [-0.2, -0.15) is 0 Å². The summed E-state index contributed by atoms with van der Waals surface area (Å²) in [6.45, 7) is 6.64. The first kappa shape index (κ1) is 11.4. The zero-order chi connectivity index (χ0) is 9.23. The molecule has 0 aliphatic heterocycles. The molecular formula is C8H18N2O2. The van der Waals surface area contributed by atoms with Gasteiger partial charge >= 0.3 is 0 Å². The van der Waals surface area contributed by atoms with E-state index in [4.69, 9.17) is 15.2 Å². The van der Waals surface area contributed by atoms with E-state index < -0.39 is 0 Å². The zero-order valence-electron chi connectivity index (χ0n) is 7.64. The van der Waals surface area contributed by atoms with E-state index in [1.54, 1.807) is 0 Å². The van der Waals surface area contributed by atoms with E-state index in [-0.39, 0.29) is 0 Å². The lowest BCUT2D eigenvalue weighted by atomic mass is 10.6. The van der Waals surface area contributed by atoms with Crippen LogP contribution in [0.3, 0.4) is 0 Å². The standard InChI is InChI=1S/C8H18N2O2/c1-8(12-5-3-9)7-11-6-4-10-2/h10H,1,3-7,9H2,2H3. The first-order valence-corrected chi connectivity index (χ1v) is 4.04. The second-order valence-electron chi connectivity index (χ2n) is 2.33. The second kappa shape index (κ2) is 8.52. The molecule has 0 saturated heterocycles. The van der Waals surface area contributed by atoms with Gasteiger partial charge in [0.15, 0.2) is 0 Å². The lowest BCUT2D eigenvalue weighted by Crippen LogP contribution is -2.16. The van der Waals surface area contributed by atoms with Crippen LogP contribution >= 0.6 is 0 Å². The molecule has 0 heterocycles. The molecule has 0 aromatic heterocycles. The van der Waals surface area contributed by atoms with Crippen molar-refractivity contribution >= 4 is 0 Å². The van der Waals surface area contributed by atoms with Crippen molar-refractivity contribution in [1.82, 2.24) is 5.32 Å². The van der Waals surface area contributed by atoms with Crippen LogP contribution in [0.2, 0.25) is 0 Å². The maximum absolute atomic E-state index is 5.24. The van der Waals surface area contributed by atoms with Crippen LogP contribution in [-0.4, -0.2) is 40.0 Å². The van der Waals surface area contributed by atoms with Crippen molar-refractivity contribution in [3.63, 3.8) is 0 Å². The Morgan fingerprint density at radius 2 is 2.25 bits per heavy atom. The third-order valence-corrected chi connectivity index (χ3v) is 1.18. The van der Waals surface area contributed by atoms with E-state index in [0.717, 1.165) is 6.54 Å². The summed E-state index contributed by atoms with van der Waals surface area (Å²) in [5, 5.41) is 2.97. The van der Waals surface area contributed by atoms with Crippen molar-refractivity contribution in [2.45, 2.75) is 0 Å². The molecule has 0 atom stereocenters. The van der Waals surface area contributed by atoms with Gasteiger partial charge in [0.1, 0.15) is 19.0 Å². The van der Waals surface area contributed by atoms with Gasteiger partial charge in [0.25, 0.3) is 0 Å². The largest absolute Gasteiger partial charge is 0.495 e. The minimum absolute atomic E-state index is 0.446. The van der Waals surface area contributed by atoms with Crippen LogP contribution in [0.1, 0.15) is 0 Å². The molecule has 0 bridgehead atoms. The highest BCUT2D eigenvalue weighted by Crippen LogP contribution is 1.92. The highest BCUT2D eigenvalue weighted by atomic mass is 16.5. The van der Waals surface area contributed by atoms with Crippen LogP contribution < -0.4 is 11.1 Å². The fourth-order valence-corrected chi connectivity index (χ4v) is 0.605. The van der Waals surface area contributed by atoms with E-state index in [1.165, 1.54) is 0 Å². The Morgan fingerprint density at radius 3 is 2.83 bits per heavy atom. The maximum atomic E-state index is 5.24. The summed E-state index contributed by atoms with van der Waals surface area (Å²) in [4.78, 5) is 0. The Kier molecular flexibility index (Phi) is 8.10. The van der Waals surface area contributed by atoms with Gasteiger partial charge in [0, 0.05) is 13.1 Å². The molecule has 0 aromatic carbocycles. The van der Waals surface area contributed by atoms with Crippen molar-refractivity contribution in [3.05, 3.63) is 12.3 Å². The Balaban J connectivity index is 3.08. The van der Waals surface area contributed by atoms with E-state index in [9.17, 15) is 0 Å². The van der Waals surface area contributed by atoms with Crippen LogP contribution in [0.4, 0.5) is 0 Å². The SMILES string of the molecule is C=C(COCCNC)OCCN. The summed E-state index contributed by atoms with van der Waals surface area (Å²) in [5.41, 5.74) is 5.24. The summed E-state index contributed by atoms with van der Waals surface area (Å²) >= 11 is 0. The predicted octanol–water partition coefficient (Wildman–Crippen LogP) is -0.289. The lowest BCUT2D eigenvalue weighted by molar-refractivity contribution is 0.103. The molecule has 0 radical (unpaired) electrons. The molecule has 3 N–H and O–H groups in total. The van der Waals surface area contributed by atoms with Gasteiger partial charge in [-0.3, -0.25) is 0 Å². The third kappa shape index (κ3) is 7.53. The topological polar surface area (TPSA) is 56.5 Å². The minimum atomic E-state index is 0.446. The van der Waals surface area contributed by atoms with Crippen LogP contribution in [0.15, 0.2) is 12.3 Å². The summed E-state index contributed by atoms with van der Waals surface area (Å²) in [7, 11) is 1.88. The maximum Gasteiger partial charge on any atom is 0.115 e. The molecule has 0 aromatic rings. The van der Waals surface area contributed by atoms with Crippen molar-refractivity contribution in [3.8, 4) is 0 Å². The zero-order valence-corrected chi connectivity index (χ0v) is 7.64.